The summed E-state index contributed by atoms with van der Waals surface area (Å²) in [7, 11) is 0. The number of thioether (sulfide) groups is 1. The maximum Gasteiger partial charge on any atom is 0.234 e. The van der Waals surface area contributed by atoms with Crippen molar-refractivity contribution in [3.05, 3.63) is 71.8 Å². The van der Waals surface area contributed by atoms with Crippen LogP contribution in [0, 0.1) is 0 Å². The number of carbonyl (C=O) groups is 1. The highest BCUT2D eigenvalue weighted by Gasteiger charge is 2.18. The SMILES string of the molecule is O=C(CSc1ccc(N2CCN(c3ccccc3)CC2)nn1)Nc1ccccc1Cl. The molecule has 6 nitrogen and oxygen atoms in total. The van der Waals surface area contributed by atoms with E-state index in [2.05, 4.69) is 49.6 Å². The van der Waals surface area contributed by atoms with Gasteiger partial charge in [0.15, 0.2) is 5.82 Å². The number of hydrogen-bond donors (Lipinski definition) is 1. The van der Waals surface area contributed by atoms with Crippen LogP contribution < -0.4 is 15.1 Å². The lowest BCUT2D eigenvalue weighted by molar-refractivity contribution is -0.113. The van der Waals surface area contributed by atoms with Gasteiger partial charge in [0.1, 0.15) is 5.03 Å². The van der Waals surface area contributed by atoms with Gasteiger partial charge in [-0.05, 0) is 36.4 Å². The summed E-state index contributed by atoms with van der Waals surface area (Å²) in [5.74, 6) is 0.984. The summed E-state index contributed by atoms with van der Waals surface area (Å²) in [6.07, 6.45) is 0. The van der Waals surface area contributed by atoms with Gasteiger partial charge in [-0.15, -0.1) is 10.2 Å². The van der Waals surface area contributed by atoms with Crippen LogP contribution in [-0.2, 0) is 4.79 Å². The van der Waals surface area contributed by atoms with Gasteiger partial charge in [0, 0.05) is 31.9 Å². The molecule has 0 radical (unpaired) electrons. The second-order valence-corrected chi connectivity index (χ2v) is 8.26. The van der Waals surface area contributed by atoms with E-state index in [-0.39, 0.29) is 11.7 Å². The van der Waals surface area contributed by atoms with E-state index in [4.69, 9.17) is 11.6 Å². The van der Waals surface area contributed by atoms with Crippen LogP contribution in [0.1, 0.15) is 0 Å². The molecule has 1 amide bonds. The Labute approximate surface area is 185 Å². The molecule has 0 unspecified atom stereocenters. The summed E-state index contributed by atoms with van der Waals surface area (Å²) in [6, 6.07) is 21.5. The zero-order valence-electron chi connectivity index (χ0n) is 16.4. The molecule has 1 fully saturated rings. The zero-order chi connectivity index (χ0) is 20.8. The molecule has 154 valence electrons. The minimum Gasteiger partial charge on any atom is -0.368 e. The van der Waals surface area contributed by atoms with E-state index in [0.29, 0.717) is 10.7 Å². The second-order valence-electron chi connectivity index (χ2n) is 6.86. The standard InChI is InChI=1S/C22H22ClN5OS/c23-18-8-4-5-9-19(18)24-21(29)16-30-22-11-10-20(25-26-22)28-14-12-27(13-15-28)17-6-2-1-3-7-17/h1-11H,12-16H2,(H,24,29). The Kier molecular flexibility index (Phi) is 6.71. The van der Waals surface area contributed by atoms with Crippen LogP contribution in [0.3, 0.4) is 0 Å². The molecule has 0 saturated carbocycles. The Balaban J connectivity index is 1.26. The fourth-order valence-electron chi connectivity index (χ4n) is 3.28. The van der Waals surface area contributed by atoms with Crippen LogP contribution in [0.5, 0.6) is 0 Å². The summed E-state index contributed by atoms with van der Waals surface area (Å²) < 4.78 is 0. The van der Waals surface area contributed by atoms with Crippen molar-refractivity contribution < 1.29 is 4.79 Å². The van der Waals surface area contributed by atoms with E-state index in [1.54, 1.807) is 12.1 Å². The number of nitrogens with one attached hydrogen (secondary N) is 1. The molecule has 4 rings (SSSR count). The first kappa shape index (κ1) is 20.5. The van der Waals surface area contributed by atoms with Gasteiger partial charge < -0.3 is 15.1 Å². The molecule has 1 aliphatic heterocycles. The van der Waals surface area contributed by atoms with Gasteiger partial charge in [-0.25, -0.2) is 0 Å². The predicted molar refractivity (Wildman–Crippen MR) is 124 cm³/mol. The van der Waals surface area contributed by atoms with Crippen molar-refractivity contribution in [1.82, 2.24) is 10.2 Å². The molecular weight excluding hydrogens is 418 g/mol. The van der Waals surface area contributed by atoms with Crippen molar-refractivity contribution in [2.75, 3.05) is 47.0 Å². The molecule has 1 aromatic heterocycles. The number of halogens is 1. The molecule has 3 aromatic rings. The largest absolute Gasteiger partial charge is 0.368 e. The fraction of sp³-hybridized carbons (Fsp3) is 0.227. The molecule has 8 heteroatoms. The smallest absolute Gasteiger partial charge is 0.234 e. The van der Waals surface area contributed by atoms with E-state index in [1.165, 1.54) is 17.4 Å². The van der Waals surface area contributed by atoms with Crippen LogP contribution in [0.2, 0.25) is 5.02 Å². The van der Waals surface area contributed by atoms with E-state index >= 15 is 0 Å². The molecular formula is C22H22ClN5OS. The number of amides is 1. The Bertz CT molecular complexity index is 978. The molecule has 1 N–H and O–H groups in total. The molecule has 0 bridgehead atoms. The quantitative estimate of drug-likeness (QED) is 0.581. The first-order chi connectivity index (χ1) is 14.7. The van der Waals surface area contributed by atoms with Gasteiger partial charge >= 0.3 is 0 Å². The van der Waals surface area contributed by atoms with Gasteiger partial charge in [0.2, 0.25) is 5.91 Å². The third-order valence-corrected chi connectivity index (χ3v) is 6.10. The van der Waals surface area contributed by atoms with Gasteiger partial charge in [-0.2, -0.15) is 0 Å². The first-order valence-electron chi connectivity index (χ1n) is 9.75. The van der Waals surface area contributed by atoms with Crippen molar-refractivity contribution >= 4 is 46.5 Å². The normalized spacial score (nSPS) is 13.9. The maximum atomic E-state index is 12.1. The lowest BCUT2D eigenvalue weighted by Gasteiger charge is -2.36. The third-order valence-electron chi connectivity index (χ3n) is 4.85. The number of para-hydroxylation sites is 2. The molecule has 2 aromatic carbocycles. The fourth-order valence-corrected chi connectivity index (χ4v) is 4.08. The van der Waals surface area contributed by atoms with E-state index in [9.17, 15) is 4.79 Å². The summed E-state index contributed by atoms with van der Waals surface area (Å²) >= 11 is 7.42. The van der Waals surface area contributed by atoms with Gasteiger partial charge in [-0.1, -0.05) is 53.7 Å². The summed E-state index contributed by atoms with van der Waals surface area (Å²) in [4.78, 5) is 16.8. The molecule has 2 heterocycles. The number of hydrogen-bond acceptors (Lipinski definition) is 6. The van der Waals surface area contributed by atoms with Crippen molar-refractivity contribution in [3.8, 4) is 0 Å². The lowest BCUT2D eigenvalue weighted by atomic mass is 10.2. The van der Waals surface area contributed by atoms with Crippen molar-refractivity contribution in [2.45, 2.75) is 5.03 Å². The molecule has 0 aliphatic carbocycles. The average molecular weight is 440 g/mol. The Morgan fingerprint density at radius 2 is 1.60 bits per heavy atom. The Morgan fingerprint density at radius 3 is 2.30 bits per heavy atom. The van der Waals surface area contributed by atoms with Gasteiger partial charge in [-0.3, -0.25) is 4.79 Å². The van der Waals surface area contributed by atoms with Crippen LogP contribution >= 0.6 is 23.4 Å². The molecule has 30 heavy (non-hydrogen) atoms. The molecule has 1 aliphatic rings. The van der Waals surface area contributed by atoms with Crippen molar-refractivity contribution in [3.63, 3.8) is 0 Å². The van der Waals surface area contributed by atoms with Crippen molar-refractivity contribution in [1.29, 1.82) is 0 Å². The highest BCUT2D eigenvalue weighted by atomic mass is 35.5. The minimum absolute atomic E-state index is 0.129. The number of nitrogens with zero attached hydrogens (tertiary/aromatic N) is 4. The monoisotopic (exact) mass is 439 g/mol. The highest BCUT2D eigenvalue weighted by molar-refractivity contribution is 7.99. The van der Waals surface area contributed by atoms with Crippen LogP contribution in [0.15, 0.2) is 71.8 Å². The summed E-state index contributed by atoms with van der Waals surface area (Å²) in [5, 5.41) is 12.7. The third kappa shape index (κ3) is 5.23. The van der Waals surface area contributed by atoms with Crippen LogP contribution in [0.4, 0.5) is 17.2 Å². The van der Waals surface area contributed by atoms with Crippen LogP contribution in [-0.4, -0.2) is 48.0 Å². The molecule has 0 atom stereocenters. The lowest BCUT2D eigenvalue weighted by Crippen LogP contribution is -2.46. The number of carbonyl (C=O) groups excluding carboxylic acids is 1. The number of piperazine rings is 1. The van der Waals surface area contributed by atoms with E-state index in [0.717, 1.165) is 37.0 Å². The minimum atomic E-state index is -0.129. The van der Waals surface area contributed by atoms with Crippen molar-refractivity contribution in [2.24, 2.45) is 0 Å². The van der Waals surface area contributed by atoms with Gasteiger partial charge in [0.25, 0.3) is 0 Å². The Hall–Kier alpha value is -2.77. The summed E-state index contributed by atoms with van der Waals surface area (Å²) in [5.41, 5.74) is 1.87. The molecule has 1 saturated heterocycles. The maximum absolute atomic E-state index is 12.1. The molecule has 0 spiro atoms. The topological polar surface area (TPSA) is 61.4 Å². The number of aromatic nitrogens is 2. The number of rotatable bonds is 6. The van der Waals surface area contributed by atoms with E-state index in [1.807, 2.05) is 30.3 Å². The number of anilines is 3. The first-order valence-corrected chi connectivity index (χ1v) is 11.1. The van der Waals surface area contributed by atoms with E-state index < -0.39 is 0 Å². The second kappa shape index (κ2) is 9.82. The predicted octanol–water partition coefficient (Wildman–Crippen LogP) is 4.19. The number of benzene rings is 2. The van der Waals surface area contributed by atoms with Gasteiger partial charge in [0.05, 0.1) is 16.5 Å². The Morgan fingerprint density at radius 1 is 0.900 bits per heavy atom. The highest BCUT2D eigenvalue weighted by Crippen LogP contribution is 2.23. The summed E-state index contributed by atoms with van der Waals surface area (Å²) in [6.45, 7) is 3.70. The van der Waals surface area contributed by atoms with Crippen LogP contribution in [0.25, 0.3) is 0 Å². The zero-order valence-corrected chi connectivity index (χ0v) is 17.9. The average Bonchev–Trinajstić information content (AvgIpc) is 2.80.